The maximum atomic E-state index is 13.3. The fourth-order valence-corrected chi connectivity index (χ4v) is 5.09. The first kappa shape index (κ1) is 18.4. The van der Waals surface area contributed by atoms with Crippen molar-refractivity contribution in [3.8, 4) is 0 Å². The van der Waals surface area contributed by atoms with Crippen LogP contribution in [0, 0.1) is 0 Å². The van der Waals surface area contributed by atoms with Gasteiger partial charge in [0.05, 0.1) is 16.2 Å². The van der Waals surface area contributed by atoms with Gasteiger partial charge < -0.3 is 4.90 Å². The van der Waals surface area contributed by atoms with E-state index in [0.29, 0.717) is 16.1 Å². The quantitative estimate of drug-likeness (QED) is 0.482. The summed E-state index contributed by atoms with van der Waals surface area (Å²) >= 11 is 1.40. The molecule has 1 aliphatic heterocycles. The Morgan fingerprint density at radius 1 is 1.14 bits per heavy atom. The van der Waals surface area contributed by atoms with Gasteiger partial charge >= 0.3 is 0 Å². The number of thioether (sulfide) groups is 1. The van der Waals surface area contributed by atoms with E-state index in [9.17, 15) is 9.59 Å². The summed E-state index contributed by atoms with van der Waals surface area (Å²) in [5.74, 6) is 0.0758. The van der Waals surface area contributed by atoms with Crippen LogP contribution in [0.3, 0.4) is 0 Å². The predicted octanol–water partition coefficient (Wildman–Crippen LogP) is 4.19. The minimum Gasteiger partial charge on any atom is -0.311 e. The zero-order valence-electron chi connectivity index (χ0n) is 16.4. The molecule has 29 heavy (non-hydrogen) atoms. The van der Waals surface area contributed by atoms with Crippen LogP contribution in [0.15, 0.2) is 58.5 Å². The lowest BCUT2D eigenvalue weighted by Gasteiger charge is -2.31. The highest BCUT2D eigenvalue weighted by molar-refractivity contribution is 8.00. The summed E-state index contributed by atoms with van der Waals surface area (Å²) in [6.07, 6.45) is 3.97. The maximum Gasteiger partial charge on any atom is 0.262 e. The molecule has 3 aromatic rings. The molecule has 0 radical (unpaired) electrons. The first-order chi connectivity index (χ1) is 14.1. The zero-order valence-corrected chi connectivity index (χ0v) is 17.2. The monoisotopic (exact) mass is 405 g/mol. The number of hydrogen-bond acceptors (Lipinski definition) is 4. The van der Waals surface area contributed by atoms with Crippen molar-refractivity contribution in [2.75, 3.05) is 11.4 Å². The molecule has 1 saturated carbocycles. The average Bonchev–Trinajstić information content (AvgIpc) is 3.58. The Balaban J connectivity index is 1.48. The molecule has 0 N–H and O–H groups in total. The van der Waals surface area contributed by atoms with Gasteiger partial charge in [-0.25, -0.2) is 4.98 Å². The molecule has 1 aliphatic carbocycles. The number of aryl methyl sites for hydroxylation is 1. The van der Waals surface area contributed by atoms with Crippen LogP contribution in [0.5, 0.6) is 0 Å². The van der Waals surface area contributed by atoms with E-state index in [1.165, 1.54) is 17.3 Å². The molecule has 1 atom stereocenters. The van der Waals surface area contributed by atoms with Crippen LogP contribution in [0.2, 0.25) is 0 Å². The van der Waals surface area contributed by atoms with Gasteiger partial charge in [-0.1, -0.05) is 42.1 Å². The number of aromatic nitrogens is 2. The van der Waals surface area contributed by atoms with E-state index >= 15 is 0 Å². The van der Waals surface area contributed by atoms with E-state index < -0.39 is 0 Å². The lowest BCUT2D eigenvalue weighted by Crippen LogP contribution is -2.40. The minimum atomic E-state index is -0.320. The molecule has 0 saturated heterocycles. The van der Waals surface area contributed by atoms with Crippen molar-refractivity contribution < 1.29 is 4.79 Å². The summed E-state index contributed by atoms with van der Waals surface area (Å²) < 4.78 is 1.81. The predicted molar refractivity (Wildman–Crippen MR) is 117 cm³/mol. The van der Waals surface area contributed by atoms with E-state index in [-0.39, 0.29) is 22.8 Å². The van der Waals surface area contributed by atoms with E-state index in [1.807, 2.05) is 54.3 Å². The normalized spacial score (nSPS) is 17.2. The number of para-hydroxylation sites is 2. The zero-order chi connectivity index (χ0) is 20.0. The first-order valence-corrected chi connectivity index (χ1v) is 11.1. The van der Waals surface area contributed by atoms with E-state index in [0.717, 1.165) is 37.9 Å². The summed E-state index contributed by atoms with van der Waals surface area (Å²) in [6, 6.07) is 15.8. The summed E-state index contributed by atoms with van der Waals surface area (Å²) in [7, 11) is 0. The number of anilines is 1. The lowest BCUT2D eigenvalue weighted by molar-refractivity contribution is -0.117. The molecule has 1 unspecified atom stereocenters. The molecular formula is C23H23N3O2S. The number of nitrogens with zero attached hydrogens (tertiary/aromatic N) is 3. The molecule has 5 nitrogen and oxygen atoms in total. The van der Waals surface area contributed by atoms with Gasteiger partial charge in [0.15, 0.2) is 5.16 Å². The Bertz CT molecular complexity index is 1150. The highest BCUT2D eigenvalue weighted by atomic mass is 32.2. The largest absolute Gasteiger partial charge is 0.311 e. The number of carbonyl (C=O) groups is 1. The molecule has 5 rings (SSSR count). The molecule has 148 valence electrons. The van der Waals surface area contributed by atoms with Crippen LogP contribution in [-0.4, -0.2) is 27.3 Å². The van der Waals surface area contributed by atoms with Gasteiger partial charge in [-0.2, -0.15) is 0 Å². The molecule has 1 fully saturated rings. The van der Waals surface area contributed by atoms with E-state index in [4.69, 9.17) is 4.98 Å². The molecule has 0 bridgehead atoms. The first-order valence-electron chi connectivity index (χ1n) is 10.2. The summed E-state index contributed by atoms with van der Waals surface area (Å²) in [5.41, 5.74) is 2.94. The van der Waals surface area contributed by atoms with Gasteiger partial charge in [-0.15, -0.1) is 0 Å². The van der Waals surface area contributed by atoms with Crippen molar-refractivity contribution in [1.82, 2.24) is 9.55 Å². The van der Waals surface area contributed by atoms with Gasteiger partial charge in [0.25, 0.3) is 5.56 Å². The van der Waals surface area contributed by atoms with Crippen LogP contribution < -0.4 is 10.5 Å². The molecule has 1 amide bonds. The van der Waals surface area contributed by atoms with Crippen LogP contribution >= 0.6 is 11.8 Å². The molecule has 2 aliphatic rings. The summed E-state index contributed by atoms with van der Waals surface area (Å²) in [4.78, 5) is 33.0. The Kier molecular flexibility index (Phi) is 4.66. The topological polar surface area (TPSA) is 55.2 Å². The highest BCUT2D eigenvalue weighted by Crippen LogP contribution is 2.38. The van der Waals surface area contributed by atoms with Gasteiger partial charge in [-0.3, -0.25) is 14.2 Å². The van der Waals surface area contributed by atoms with Gasteiger partial charge in [0.2, 0.25) is 5.91 Å². The fourth-order valence-electron chi connectivity index (χ4n) is 4.05. The van der Waals surface area contributed by atoms with Crippen molar-refractivity contribution in [2.24, 2.45) is 0 Å². The third-order valence-electron chi connectivity index (χ3n) is 5.69. The smallest absolute Gasteiger partial charge is 0.262 e. The van der Waals surface area contributed by atoms with E-state index in [1.54, 1.807) is 4.57 Å². The Morgan fingerprint density at radius 2 is 1.90 bits per heavy atom. The Labute approximate surface area is 173 Å². The summed E-state index contributed by atoms with van der Waals surface area (Å²) in [6.45, 7) is 2.66. The molecular weight excluding hydrogens is 382 g/mol. The molecule has 1 aromatic heterocycles. The SMILES string of the molecule is CC(Sc1nc2ccccc2c(=O)n1C1CC1)C(=O)N1CCCc2ccccc21. The van der Waals surface area contributed by atoms with Gasteiger partial charge in [0, 0.05) is 18.3 Å². The van der Waals surface area contributed by atoms with Crippen LogP contribution in [0.1, 0.15) is 37.8 Å². The van der Waals surface area contributed by atoms with Crippen LogP contribution in [0.4, 0.5) is 5.69 Å². The lowest BCUT2D eigenvalue weighted by atomic mass is 10.0. The standard InChI is InChI=1S/C23H23N3O2S/c1-15(21(27)25-14-6-8-16-7-2-5-11-20(16)25)29-23-24-19-10-4-3-9-18(19)22(28)26(23)17-12-13-17/h2-5,7,9-11,15,17H,6,8,12-14H2,1H3. The second-order valence-electron chi connectivity index (χ2n) is 7.80. The molecule has 0 spiro atoms. The second kappa shape index (κ2) is 7.34. The number of amides is 1. The van der Waals surface area contributed by atoms with E-state index in [2.05, 4.69) is 6.07 Å². The third kappa shape index (κ3) is 3.35. The van der Waals surface area contributed by atoms with Gasteiger partial charge in [-0.05, 0) is 56.4 Å². The van der Waals surface area contributed by atoms with Crippen molar-refractivity contribution in [2.45, 2.75) is 49.1 Å². The minimum absolute atomic E-state index is 0.00330. The second-order valence-corrected chi connectivity index (χ2v) is 9.11. The molecule has 2 heterocycles. The molecule has 2 aromatic carbocycles. The number of rotatable bonds is 4. The number of fused-ring (bicyclic) bond motifs is 2. The van der Waals surface area contributed by atoms with Crippen LogP contribution in [0.25, 0.3) is 10.9 Å². The highest BCUT2D eigenvalue weighted by Gasteiger charge is 2.32. The Hall–Kier alpha value is -2.60. The molecule has 6 heteroatoms. The maximum absolute atomic E-state index is 13.3. The average molecular weight is 406 g/mol. The van der Waals surface area contributed by atoms with Crippen molar-refractivity contribution in [1.29, 1.82) is 0 Å². The number of benzene rings is 2. The third-order valence-corrected chi connectivity index (χ3v) is 6.75. The van der Waals surface area contributed by atoms with Crippen LogP contribution in [-0.2, 0) is 11.2 Å². The number of hydrogen-bond donors (Lipinski definition) is 0. The van der Waals surface area contributed by atoms with Crippen molar-refractivity contribution >= 4 is 34.3 Å². The van der Waals surface area contributed by atoms with Crippen molar-refractivity contribution in [3.63, 3.8) is 0 Å². The van der Waals surface area contributed by atoms with Gasteiger partial charge in [0.1, 0.15) is 0 Å². The Morgan fingerprint density at radius 3 is 2.72 bits per heavy atom. The van der Waals surface area contributed by atoms with Crippen molar-refractivity contribution in [3.05, 3.63) is 64.4 Å². The fraction of sp³-hybridized carbons (Fsp3) is 0.348. The number of carbonyl (C=O) groups excluding carboxylic acids is 1. The summed E-state index contributed by atoms with van der Waals surface area (Å²) in [5, 5.41) is 0.981.